The van der Waals surface area contributed by atoms with Gasteiger partial charge in [-0.15, -0.1) is 0 Å². The molecular weight excluding hydrogens is 238 g/mol. The molecule has 0 spiro atoms. The van der Waals surface area contributed by atoms with Crippen molar-refractivity contribution in [1.29, 1.82) is 0 Å². The first-order valence-corrected chi connectivity index (χ1v) is 4.87. The van der Waals surface area contributed by atoms with Crippen molar-refractivity contribution in [3.8, 4) is 0 Å². The Morgan fingerprint density at radius 1 is 1.21 bits per heavy atom. The topological polar surface area (TPSA) is 34.1 Å². The minimum Gasteiger partial charge on any atom is -0.229 e. The lowest BCUT2D eigenvalue weighted by atomic mass is 10.1. The Labute approximate surface area is 74.8 Å². The molecule has 2 unspecified atom stereocenters. The summed E-state index contributed by atoms with van der Waals surface area (Å²) < 4.78 is 93.9. The number of rotatable bonds is 0. The molecule has 84 valence electrons. The lowest BCUT2D eigenvalue weighted by molar-refractivity contribution is -0.188. The smallest absolute Gasteiger partial charge is 0.229 e. The van der Waals surface area contributed by atoms with Crippen LogP contribution in [0.3, 0.4) is 0 Å². The summed E-state index contributed by atoms with van der Waals surface area (Å²) in [5.74, 6) is -3.14. The first-order chi connectivity index (χ1) is 6.00. The molecule has 0 amide bonds. The van der Waals surface area contributed by atoms with Gasteiger partial charge < -0.3 is 0 Å². The van der Waals surface area contributed by atoms with Crippen LogP contribution in [0.2, 0.25) is 0 Å². The Hall–Kier alpha value is -0.470. The van der Waals surface area contributed by atoms with Gasteiger partial charge in [0.15, 0.2) is 0 Å². The Morgan fingerprint density at radius 3 is 1.79 bits per heavy atom. The molecule has 1 heterocycles. The first kappa shape index (κ1) is 11.6. The average molecular weight is 242 g/mol. The summed E-state index contributed by atoms with van der Waals surface area (Å²) in [6.45, 7) is 0. The molecule has 0 aromatic heterocycles. The predicted octanol–water partition coefficient (Wildman–Crippen LogP) is 1.87. The van der Waals surface area contributed by atoms with Crippen LogP contribution in [0.1, 0.15) is 6.42 Å². The monoisotopic (exact) mass is 242 g/mol. The molecule has 0 radical (unpaired) electrons. The van der Waals surface area contributed by atoms with E-state index in [0.29, 0.717) is 0 Å². The van der Waals surface area contributed by atoms with E-state index in [1.165, 1.54) is 0 Å². The van der Waals surface area contributed by atoms with E-state index < -0.39 is 39.1 Å². The summed E-state index contributed by atoms with van der Waals surface area (Å²) in [7, 11) is -5.66. The number of alkyl halides is 6. The van der Waals surface area contributed by atoms with Gasteiger partial charge in [-0.05, 0) is 0 Å². The lowest BCUT2D eigenvalue weighted by Gasteiger charge is -2.13. The number of hydrogen-bond donors (Lipinski definition) is 0. The van der Waals surface area contributed by atoms with Crippen LogP contribution in [-0.4, -0.2) is 25.4 Å². The molecule has 1 aliphatic rings. The summed E-state index contributed by atoms with van der Waals surface area (Å²) in [4.78, 5) is 0. The number of hydrogen-bond acceptors (Lipinski definition) is 2. The van der Waals surface area contributed by atoms with Gasteiger partial charge in [-0.2, -0.15) is 22.0 Å². The van der Waals surface area contributed by atoms with Crippen molar-refractivity contribution >= 4 is 9.84 Å². The molecule has 0 aromatic carbocycles. The van der Waals surface area contributed by atoms with Crippen molar-refractivity contribution in [3.05, 3.63) is 0 Å². The van der Waals surface area contributed by atoms with E-state index >= 15 is 0 Å². The molecule has 2 atom stereocenters. The van der Waals surface area contributed by atoms with Gasteiger partial charge in [-0.1, -0.05) is 0 Å². The average Bonchev–Trinajstić information content (AvgIpc) is 2.09. The third kappa shape index (κ3) is 1.47. The number of halogens is 6. The maximum atomic E-state index is 12.6. The Bertz CT molecular complexity index is 331. The largest absolute Gasteiger partial charge is 0.395 e. The van der Waals surface area contributed by atoms with Crippen LogP contribution in [-0.2, 0) is 9.84 Å². The molecule has 9 heteroatoms. The molecule has 14 heavy (non-hydrogen) atoms. The molecule has 1 fully saturated rings. The van der Waals surface area contributed by atoms with Crippen molar-refractivity contribution in [2.45, 2.75) is 23.4 Å². The maximum Gasteiger partial charge on any atom is 0.395 e. The maximum absolute atomic E-state index is 12.6. The zero-order chi connectivity index (χ0) is 11.4. The van der Waals surface area contributed by atoms with Crippen LogP contribution in [0.5, 0.6) is 0 Å². The molecule has 0 saturated carbocycles. The van der Waals surface area contributed by atoms with Crippen molar-refractivity contribution in [3.63, 3.8) is 0 Å². The summed E-state index contributed by atoms with van der Waals surface area (Å²) in [6, 6.07) is 0. The molecule has 0 N–H and O–H groups in total. The Morgan fingerprint density at radius 2 is 1.64 bits per heavy atom. The quantitative estimate of drug-likeness (QED) is 0.608. The van der Waals surface area contributed by atoms with E-state index in [0.717, 1.165) is 0 Å². The van der Waals surface area contributed by atoms with Gasteiger partial charge in [0.25, 0.3) is 0 Å². The highest BCUT2D eigenvalue weighted by Crippen LogP contribution is 2.50. The fourth-order valence-corrected chi connectivity index (χ4v) is 2.53. The van der Waals surface area contributed by atoms with Crippen LogP contribution in [0.4, 0.5) is 26.3 Å². The van der Waals surface area contributed by atoms with E-state index in [2.05, 4.69) is 0 Å². The molecule has 1 saturated heterocycles. The summed E-state index contributed by atoms with van der Waals surface area (Å²) in [6.07, 6.45) is -7.31. The molecular formula is C5H4F6O2S. The van der Waals surface area contributed by atoms with E-state index in [9.17, 15) is 34.8 Å². The summed E-state index contributed by atoms with van der Waals surface area (Å²) in [5, 5.41) is -4.63. The van der Waals surface area contributed by atoms with Crippen molar-refractivity contribution in [2.24, 2.45) is 5.92 Å². The van der Waals surface area contributed by atoms with Gasteiger partial charge in [0.2, 0.25) is 15.3 Å². The third-order valence-electron chi connectivity index (χ3n) is 1.91. The lowest BCUT2D eigenvalue weighted by Crippen LogP contribution is -2.30. The highest BCUT2D eigenvalue weighted by Gasteiger charge is 2.68. The van der Waals surface area contributed by atoms with Crippen molar-refractivity contribution in [2.75, 3.05) is 0 Å². The van der Waals surface area contributed by atoms with Gasteiger partial charge in [0.1, 0.15) is 5.92 Å². The summed E-state index contributed by atoms with van der Waals surface area (Å²) in [5.41, 5.74) is -3.57. The predicted molar refractivity (Wildman–Crippen MR) is 32.9 cm³/mol. The molecule has 0 bridgehead atoms. The van der Waals surface area contributed by atoms with Gasteiger partial charge >= 0.3 is 11.4 Å². The van der Waals surface area contributed by atoms with Crippen LogP contribution < -0.4 is 0 Å². The van der Waals surface area contributed by atoms with E-state index in [1.54, 1.807) is 0 Å². The van der Waals surface area contributed by atoms with Crippen molar-refractivity contribution < 1.29 is 34.8 Å². The van der Waals surface area contributed by atoms with Gasteiger partial charge in [0, 0.05) is 6.42 Å². The van der Waals surface area contributed by atoms with Gasteiger partial charge in [-0.3, -0.25) is 0 Å². The molecule has 1 rings (SSSR count). The molecule has 1 aliphatic heterocycles. The fraction of sp³-hybridized carbons (Fsp3) is 1.00. The van der Waals surface area contributed by atoms with E-state index in [-0.39, 0.29) is 0 Å². The fourth-order valence-electron chi connectivity index (χ4n) is 1.11. The van der Waals surface area contributed by atoms with Gasteiger partial charge in [0.05, 0.1) is 0 Å². The minimum absolute atomic E-state index is 2.04. The van der Waals surface area contributed by atoms with Gasteiger partial charge in [-0.25, -0.2) is 12.8 Å². The van der Waals surface area contributed by atoms with Crippen molar-refractivity contribution in [1.82, 2.24) is 0 Å². The van der Waals surface area contributed by atoms with Crippen LogP contribution >= 0.6 is 0 Å². The molecule has 0 aromatic rings. The van der Waals surface area contributed by atoms with E-state index in [1.807, 2.05) is 0 Å². The zero-order valence-electron chi connectivity index (χ0n) is 6.35. The van der Waals surface area contributed by atoms with Crippen LogP contribution in [0, 0.1) is 5.92 Å². The SMILES string of the molecule is O=S1(=O)C(F)C(C(F)(F)F)CC1(F)F. The zero-order valence-corrected chi connectivity index (χ0v) is 7.17. The second kappa shape index (κ2) is 2.77. The second-order valence-electron chi connectivity index (χ2n) is 2.89. The van der Waals surface area contributed by atoms with Crippen LogP contribution in [0.25, 0.3) is 0 Å². The summed E-state index contributed by atoms with van der Waals surface area (Å²) >= 11 is 0. The standard InChI is InChI=1S/C5H4F6O2S/c6-3-2(5(9,10)11)1-4(7,8)14(3,12)13/h2-3H,1H2. The highest BCUT2D eigenvalue weighted by atomic mass is 32.2. The third-order valence-corrected chi connectivity index (χ3v) is 3.83. The Balaban J connectivity index is 3.14. The Kier molecular flexibility index (Phi) is 2.29. The minimum atomic E-state index is -5.66. The normalized spacial score (nSPS) is 35.9. The van der Waals surface area contributed by atoms with Crippen LogP contribution in [0.15, 0.2) is 0 Å². The first-order valence-electron chi connectivity index (χ1n) is 3.32. The highest BCUT2D eigenvalue weighted by molar-refractivity contribution is 7.93. The molecule has 2 nitrogen and oxygen atoms in total. The van der Waals surface area contributed by atoms with E-state index in [4.69, 9.17) is 0 Å². The number of sulfone groups is 1. The second-order valence-corrected chi connectivity index (χ2v) is 5.02. The molecule has 0 aliphatic carbocycles.